The van der Waals surface area contributed by atoms with Crippen molar-refractivity contribution in [2.45, 2.75) is 6.42 Å². The van der Waals surface area contributed by atoms with Crippen LogP contribution in [0.25, 0.3) is 5.69 Å². The third-order valence-corrected chi connectivity index (χ3v) is 5.34. The van der Waals surface area contributed by atoms with Gasteiger partial charge in [0, 0.05) is 50.1 Å². The summed E-state index contributed by atoms with van der Waals surface area (Å²) >= 11 is 0. The Balaban J connectivity index is 1.38. The highest BCUT2D eigenvalue weighted by Crippen LogP contribution is 2.15. The molecule has 0 unspecified atom stereocenters. The van der Waals surface area contributed by atoms with Gasteiger partial charge in [-0.15, -0.1) is 0 Å². The van der Waals surface area contributed by atoms with Crippen molar-refractivity contribution >= 4 is 11.8 Å². The number of rotatable bonds is 7. The molecule has 1 fully saturated rings. The smallest absolute Gasteiger partial charge is 0.411 e. The molecule has 0 radical (unpaired) electrons. The van der Waals surface area contributed by atoms with Crippen molar-refractivity contribution in [1.82, 2.24) is 14.7 Å². The Morgan fingerprint density at radius 2 is 1.91 bits per heavy atom. The van der Waals surface area contributed by atoms with E-state index < -0.39 is 17.7 Å². The lowest BCUT2D eigenvalue weighted by atomic mass is 10.1. The summed E-state index contributed by atoms with van der Waals surface area (Å²) in [4.78, 5) is 26.6. The van der Waals surface area contributed by atoms with Crippen LogP contribution in [0.1, 0.15) is 11.3 Å². The van der Waals surface area contributed by atoms with Crippen LogP contribution in [0.4, 0.5) is 19.3 Å². The van der Waals surface area contributed by atoms with Gasteiger partial charge < -0.3 is 9.47 Å². The van der Waals surface area contributed by atoms with Crippen molar-refractivity contribution in [3.8, 4) is 5.69 Å². The number of halogens is 2. The van der Waals surface area contributed by atoms with Gasteiger partial charge in [-0.3, -0.25) is 15.0 Å². The van der Waals surface area contributed by atoms with E-state index in [-0.39, 0.29) is 29.8 Å². The fourth-order valence-electron chi connectivity index (χ4n) is 3.54. The first-order valence-electron chi connectivity index (χ1n) is 10.8. The van der Waals surface area contributed by atoms with Crippen molar-refractivity contribution in [3.63, 3.8) is 0 Å². The molecule has 0 bridgehead atoms. The van der Waals surface area contributed by atoms with Gasteiger partial charge in [0.15, 0.2) is 11.6 Å². The number of amides is 1. The highest BCUT2D eigenvalue weighted by molar-refractivity contribution is 5.84. The molecular weight excluding hydrogens is 446 g/mol. The van der Waals surface area contributed by atoms with E-state index in [1.807, 2.05) is 0 Å². The third-order valence-electron chi connectivity index (χ3n) is 5.34. The van der Waals surface area contributed by atoms with Gasteiger partial charge >= 0.3 is 6.09 Å². The van der Waals surface area contributed by atoms with E-state index in [4.69, 9.17) is 9.47 Å². The lowest BCUT2D eigenvalue weighted by Gasteiger charge is -2.26. The fourth-order valence-corrected chi connectivity index (χ4v) is 3.54. The van der Waals surface area contributed by atoms with Crippen LogP contribution in [-0.4, -0.2) is 60.2 Å². The summed E-state index contributed by atoms with van der Waals surface area (Å²) in [5, 5.41) is 6.96. The molecule has 0 atom stereocenters. The first-order chi connectivity index (χ1) is 16.5. The number of ether oxygens (including phenoxy) is 2. The van der Waals surface area contributed by atoms with Crippen LogP contribution in [0.15, 0.2) is 59.5 Å². The van der Waals surface area contributed by atoms with E-state index in [2.05, 4.69) is 15.3 Å². The van der Waals surface area contributed by atoms with Crippen molar-refractivity contribution in [2.75, 3.05) is 44.8 Å². The molecule has 0 aliphatic carbocycles. The van der Waals surface area contributed by atoms with E-state index in [1.54, 1.807) is 24.3 Å². The Hall–Kier alpha value is -3.63. The summed E-state index contributed by atoms with van der Waals surface area (Å²) < 4.78 is 38.7. The molecule has 178 valence electrons. The van der Waals surface area contributed by atoms with Crippen molar-refractivity contribution < 1.29 is 23.0 Å². The highest BCUT2D eigenvalue weighted by Gasteiger charge is 2.12. The van der Waals surface area contributed by atoms with Crippen LogP contribution in [0.2, 0.25) is 0 Å². The number of anilines is 1. The van der Waals surface area contributed by atoms with Crippen LogP contribution in [0.3, 0.4) is 0 Å². The molecular formula is C24H24F2N4O4. The number of carbonyl (C=O) groups excluding carboxylic acids is 1. The van der Waals surface area contributed by atoms with Gasteiger partial charge in [0.1, 0.15) is 12.3 Å². The maximum Gasteiger partial charge on any atom is 0.411 e. The van der Waals surface area contributed by atoms with Crippen LogP contribution in [0, 0.1) is 11.6 Å². The van der Waals surface area contributed by atoms with Gasteiger partial charge in [-0.05, 0) is 29.8 Å². The molecule has 3 aromatic rings. The second-order valence-electron chi connectivity index (χ2n) is 7.76. The minimum Gasteiger partial charge on any atom is -0.448 e. The zero-order valence-corrected chi connectivity index (χ0v) is 18.4. The van der Waals surface area contributed by atoms with E-state index in [0.717, 1.165) is 30.8 Å². The second-order valence-corrected chi connectivity index (χ2v) is 7.76. The third kappa shape index (κ3) is 6.24. The Kier molecular flexibility index (Phi) is 7.61. The van der Waals surface area contributed by atoms with E-state index in [1.165, 1.54) is 23.0 Å². The van der Waals surface area contributed by atoms with Gasteiger partial charge in [0.2, 0.25) is 5.43 Å². The summed E-state index contributed by atoms with van der Waals surface area (Å²) in [6, 6.07) is 11.7. The summed E-state index contributed by atoms with van der Waals surface area (Å²) in [7, 11) is 0. The normalized spacial score (nSPS) is 14.1. The predicted octanol–water partition coefficient (Wildman–Crippen LogP) is 2.98. The Morgan fingerprint density at radius 1 is 1.09 bits per heavy atom. The summed E-state index contributed by atoms with van der Waals surface area (Å²) in [5.41, 5.74) is 1.47. The quantitative estimate of drug-likeness (QED) is 0.572. The Bertz CT molecular complexity index is 1210. The van der Waals surface area contributed by atoms with Crippen LogP contribution >= 0.6 is 0 Å². The number of carbonyl (C=O) groups is 1. The molecule has 1 amide bonds. The molecule has 10 heteroatoms. The van der Waals surface area contributed by atoms with Crippen LogP contribution < -0.4 is 10.7 Å². The number of hydrogen-bond acceptors (Lipinski definition) is 6. The molecule has 8 nitrogen and oxygen atoms in total. The first kappa shape index (κ1) is 23.5. The van der Waals surface area contributed by atoms with Gasteiger partial charge in [-0.1, -0.05) is 12.1 Å². The number of benzene rings is 2. The van der Waals surface area contributed by atoms with Crippen molar-refractivity contribution in [2.24, 2.45) is 0 Å². The number of aromatic nitrogens is 2. The van der Waals surface area contributed by atoms with E-state index >= 15 is 0 Å². The maximum atomic E-state index is 13.6. The molecule has 1 saturated heterocycles. The highest BCUT2D eigenvalue weighted by atomic mass is 19.2. The zero-order valence-electron chi connectivity index (χ0n) is 18.4. The minimum absolute atomic E-state index is 0.185. The average Bonchev–Trinajstić information content (AvgIpc) is 2.83. The molecule has 1 aromatic heterocycles. The summed E-state index contributed by atoms with van der Waals surface area (Å²) in [5.74, 6) is -1.97. The Labute approximate surface area is 194 Å². The summed E-state index contributed by atoms with van der Waals surface area (Å²) in [6.07, 6.45) is 1.01. The van der Waals surface area contributed by atoms with Gasteiger partial charge in [-0.2, -0.15) is 5.10 Å². The standard InChI is InChI=1S/C24H24F2N4O4/c25-20-5-4-19(16-21(20)26)30-7-6-23(31)22(28-30)15-17-2-1-3-18(14-17)27-24(32)34-13-10-29-8-11-33-12-9-29/h1-7,14,16H,8-13,15H2,(H,27,32). The average molecular weight is 470 g/mol. The number of hydrogen-bond donors (Lipinski definition) is 1. The minimum atomic E-state index is -1.00. The number of nitrogens with zero attached hydrogens (tertiary/aromatic N) is 3. The molecule has 2 aromatic carbocycles. The molecule has 2 heterocycles. The molecule has 1 aliphatic rings. The lowest BCUT2D eigenvalue weighted by molar-refractivity contribution is 0.0290. The monoisotopic (exact) mass is 470 g/mol. The van der Waals surface area contributed by atoms with Gasteiger partial charge in [-0.25, -0.2) is 18.3 Å². The molecule has 0 saturated carbocycles. The largest absolute Gasteiger partial charge is 0.448 e. The van der Waals surface area contributed by atoms with Crippen LogP contribution in [-0.2, 0) is 15.9 Å². The van der Waals surface area contributed by atoms with E-state index in [0.29, 0.717) is 25.4 Å². The van der Waals surface area contributed by atoms with Crippen molar-refractivity contribution in [3.05, 3.63) is 87.8 Å². The molecule has 1 N–H and O–H groups in total. The maximum absolute atomic E-state index is 13.6. The predicted molar refractivity (Wildman–Crippen MR) is 121 cm³/mol. The van der Waals surface area contributed by atoms with Gasteiger partial charge in [0.25, 0.3) is 0 Å². The number of morpholine rings is 1. The van der Waals surface area contributed by atoms with Crippen molar-refractivity contribution in [1.29, 1.82) is 0 Å². The SMILES string of the molecule is O=C(Nc1cccc(Cc2nn(-c3ccc(F)c(F)c3)ccc2=O)c1)OCCN1CCOCC1. The zero-order chi connectivity index (χ0) is 23.9. The summed E-state index contributed by atoms with van der Waals surface area (Å²) in [6.45, 7) is 3.91. The molecule has 34 heavy (non-hydrogen) atoms. The molecule has 0 spiro atoms. The fraction of sp³-hybridized carbons (Fsp3) is 0.292. The lowest BCUT2D eigenvalue weighted by Crippen LogP contribution is -2.38. The molecule has 4 rings (SSSR count). The van der Waals surface area contributed by atoms with E-state index in [9.17, 15) is 18.4 Å². The number of nitrogens with one attached hydrogen (secondary N) is 1. The van der Waals surface area contributed by atoms with Crippen LogP contribution in [0.5, 0.6) is 0 Å². The second kappa shape index (κ2) is 11.0. The van der Waals surface area contributed by atoms with Gasteiger partial charge in [0.05, 0.1) is 18.9 Å². The Morgan fingerprint density at radius 3 is 2.71 bits per heavy atom. The first-order valence-corrected chi connectivity index (χ1v) is 10.8. The topological polar surface area (TPSA) is 85.7 Å². The molecule has 1 aliphatic heterocycles.